The van der Waals surface area contributed by atoms with E-state index in [0.717, 1.165) is 9.87 Å². The van der Waals surface area contributed by atoms with Crippen LogP contribution in [0.1, 0.15) is 38.3 Å². The number of carbonyl (C=O) groups is 2. The van der Waals surface area contributed by atoms with Crippen molar-refractivity contribution in [1.29, 1.82) is 0 Å². The Bertz CT molecular complexity index is 1740. The smallest absolute Gasteiger partial charge is 0.264 e. The summed E-state index contributed by atoms with van der Waals surface area (Å²) in [5.74, 6) is -0.322. The van der Waals surface area contributed by atoms with Gasteiger partial charge in [0.1, 0.15) is 18.3 Å². The van der Waals surface area contributed by atoms with Crippen LogP contribution >= 0.6 is 27.5 Å². The maximum absolute atomic E-state index is 14.6. The van der Waals surface area contributed by atoms with Crippen LogP contribution in [0.4, 0.5) is 5.69 Å². The number of hydrogen-bond acceptors (Lipinski definition) is 5. The first-order valence-corrected chi connectivity index (χ1v) is 18.0. The van der Waals surface area contributed by atoms with Gasteiger partial charge < -0.3 is 15.0 Å². The summed E-state index contributed by atoms with van der Waals surface area (Å²) in [5, 5.41) is 3.52. The van der Waals surface area contributed by atoms with E-state index in [0.29, 0.717) is 33.8 Å². The molecule has 4 aromatic carbocycles. The molecule has 0 aromatic heterocycles. The lowest BCUT2D eigenvalue weighted by atomic mass is 10.0. The first kappa shape index (κ1) is 36.0. The highest BCUT2D eigenvalue weighted by Crippen LogP contribution is 2.28. The number of amides is 2. The first-order valence-electron chi connectivity index (χ1n) is 15.4. The van der Waals surface area contributed by atoms with Crippen LogP contribution in [0.25, 0.3) is 0 Å². The largest absolute Gasteiger partial charge is 0.494 e. The second-order valence-electron chi connectivity index (χ2n) is 11.1. The minimum absolute atomic E-state index is 0.0131. The molecule has 0 saturated carbocycles. The Kier molecular flexibility index (Phi) is 12.9. The third-order valence-corrected chi connectivity index (χ3v) is 10.2. The number of ether oxygens (including phenoxy) is 1. The van der Waals surface area contributed by atoms with E-state index >= 15 is 0 Å². The summed E-state index contributed by atoms with van der Waals surface area (Å²) in [6.45, 7) is 5.63. The first-order chi connectivity index (χ1) is 22.5. The summed E-state index contributed by atoms with van der Waals surface area (Å²) >= 11 is 9.68. The van der Waals surface area contributed by atoms with Gasteiger partial charge >= 0.3 is 0 Å². The van der Waals surface area contributed by atoms with Crippen LogP contribution in [0.2, 0.25) is 5.02 Å². The summed E-state index contributed by atoms with van der Waals surface area (Å²) < 4.78 is 35.8. The van der Waals surface area contributed by atoms with E-state index in [1.54, 1.807) is 54.6 Å². The van der Waals surface area contributed by atoms with Gasteiger partial charge in [-0.1, -0.05) is 76.9 Å². The highest BCUT2D eigenvalue weighted by Gasteiger charge is 2.35. The molecule has 2 amide bonds. The van der Waals surface area contributed by atoms with Crippen LogP contribution in [0, 0.1) is 0 Å². The fourth-order valence-corrected chi connectivity index (χ4v) is 6.86. The van der Waals surface area contributed by atoms with Crippen molar-refractivity contribution in [3.63, 3.8) is 0 Å². The molecule has 0 spiro atoms. The average molecular weight is 741 g/mol. The summed E-state index contributed by atoms with van der Waals surface area (Å²) in [5.41, 5.74) is 1.83. The van der Waals surface area contributed by atoms with Crippen LogP contribution in [-0.2, 0) is 32.6 Å². The second kappa shape index (κ2) is 16.8. The van der Waals surface area contributed by atoms with Gasteiger partial charge in [0, 0.05) is 28.5 Å². The summed E-state index contributed by atoms with van der Waals surface area (Å²) in [6.07, 6.45) is 0.918. The molecule has 11 heteroatoms. The summed E-state index contributed by atoms with van der Waals surface area (Å²) in [7, 11) is -4.23. The molecule has 8 nitrogen and oxygen atoms in total. The lowest BCUT2D eigenvalue weighted by Gasteiger charge is -2.34. The van der Waals surface area contributed by atoms with Crippen molar-refractivity contribution >= 4 is 55.1 Å². The molecule has 0 unspecified atom stereocenters. The van der Waals surface area contributed by atoms with Crippen molar-refractivity contribution in [3.8, 4) is 5.75 Å². The van der Waals surface area contributed by atoms with Crippen LogP contribution in [0.15, 0.2) is 112 Å². The molecule has 47 heavy (non-hydrogen) atoms. The van der Waals surface area contributed by atoms with Gasteiger partial charge in [-0.25, -0.2) is 8.42 Å². The predicted octanol–water partition coefficient (Wildman–Crippen LogP) is 7.25. The monoisotopic (exact) mass is 739 g/mol. The predicted molar refractivity (Wildman–Crippen MR) is 190 cm³/mol. The van der Waals surface area contributed by atoms with Crippen LogP contribution < -0.4 is 14.4 Å². The normalized spacial score (nSPS) is 12.5. The number of carbonyl (C=O) groups excluding carboxylic acids is 2. The number of halogens is 2. The number of nitrogens with zero attached hydrogens (tertiary/aromatic N) is 2. The quantitative estimate of drug-likeness (QED) is 0.139. The minimum Gasteiger partial charge on any atom is -0.494 e. The number of hydrogen-bond donors (Lipinski definition) is 1. The Morgan fingerprint density at radius 3 is 2.17 bits per heavy atom. The second-order valence-corrected chi connectivity index (χ2v) is 14.3. The number of rotatable bonds is 15. The number of sulfonamides is 1. The molecule has 0 aliphatic heterocycles. The minimum atomic E-state index is -4.23. The Hall–Kier alpha value is -3.86. The molecule has 4 aromatic rings. The van der Waals surface area contributed by atoms with Crippen LogP contribution in [0.3, 0.4) is 0 Å². The van der Waals surface area contributed by atoms with E-state index in [1.165, 1.54) is 17.0 Å². The van der Waals surface area contributed by atoms with E-state index in [1.807, 2.05) is 57.2 Å². The van der Waals surface area contributed by atoms with Crippen molar-refractivity contribution in [1.82, 2.24) is 10.2 Å². The molecule has 0 radical (unpaired) electrons. The van der Waals surface area contributed by atoms with Crippen molar-refractivity contribution < 1.29 is 22.7 Å². The van der Waals surface area contributed by atoms with Crippen molar-refractivity contribution in [2.75, 3.05) is 17.5 Å². The molecular weight excluding hydrogens is 702 g/mol. The van der Waals surface area contributed by atoms with Gasteiger partial charge in [-0.15, -0.1) is 0 Å². The molecular formula is C36H39BrClN3O5S. The molecule has 0 bridgehead atoms. The maximum atomic E-state index is 14.6. The van der Waals surface area contributed by atoms with Crippen molar-refractivity contribution in [3.05, 3.63) is 124 Å². The van der Waals surface area contributed by atoms with E-state index in [4.69, 9.17) is 16.3 Å². The molecule has 2 atom stereocenters. The Morgan fingerprint density at radius 1 is 0.894 bits per heavy atom. The summed E-state index contributed by atoms with van der Waals surface area (Å²) in [6, 6.07) is 28.2. The zero-order valence-corrected chi connectivity index (χ0v) is 29.8. The van der Waals surface area contributed by atoms with Gasteiger partial charge in [0.15, 0.2) is 0 Å². The lowest BCUT2D eigenvalue weighted by molar-refractivity contribution is -0.140. The zero-order chi connectivity index (χ0) is 34.0. The van der Waals surface area contributed by atoms with E-state index in [-0.39, 0.29) is 35.5 Å². The fourth-order valence-electron chi connectivity index (χ4n) is 4.96. The lowest BCUT2D eigenvalue weighted by Crippen LogP contribution is -2.54. The van der Waals surface area contributed by atoms with Gasteiger partial charge in [-0.2, -0.15) is 0 Å². The maximum Gasteiger partial charge on any atom is 0.264 e. The molecule has 0 saturated heterocycles. The Balaban J connectivity index is 1.81. The van der Waals surface area contributed by atoms with Gasteiger partial charge in [0.05, 0.1) is 17.2 Å². The third kappa shape index (κ3) is 9.82. The van der Waals surface area contributed by atoms with Crippen LogP contribution in [-0.4, -0.2) is 50.4 Å². The number of benzene rings is 4. The molecule has 4 rings (SSSR count). The third-order valence-electron chi connectivity index (χ3n) is 7.63. The molecule has 248 valence electrons. The molecule has 0 fully saturated rings. The highest BCUT2D eigenvalue weighted by molar-refractivity contribution is 9.10. The standard InChI is InChI=1S/C36H39BrClN3O5S/c1-4-26(3)39-36(43)34(23-27-10-7-6-8-11-27)40(24-28-12-9-13-30(38)22-28)35(42)25-41(31-16-18-32(19-17-31)46-5-2)47(44,45)33-20-14-29(37)15-21-33/h6-22,26,34H,4-5,23-25H2,1-3H3,(H,39,43)/t26-,34+/m0/s1. The fraction of sp³-hybridized carbons (Fsp3) is 0.278. The van der Waals surface area contributed by atoms with Crippen molar-refractivity contribution in [2.45, 2.75) is 57.1 Å². The van der Waals surface area contributed by atoms with Gasteiger partial charge in [-0.05, 0) is 92.1 Å². The van der Waals surface area contributed by atoms with Gasteiger partial charge in [-0.3, -0.25) is 13.9 Å². The number of nitrogens with one attached hydrogen (secondary N) is 1. The topological polar surface area (TPSA) is 96.0 Å². The molecule has 0 aliphatic carbocycles. The van der Waals surface area contributed by atoms with Gasteiger partial charge in [0.2, 0.25) is 11.8 Å². The van der Waals surface area contributed by atoms with E-state index in [9.17, 15) is 18.0 Å². The van der Waals surface area contributed by atoms with Gasteiger partial charge in [0.25, 0.3) is 10.0 Å². The average Bonchev–Trinajstić information content (AvgIpc) is 3.06. The summed E-state index contributed by atoms with van der Waals surface area (Å²) in [4.78, 5) is 30.0. The number of anilines is 1. The van der Waals surface area contributed by atoms with E-state index in [2.05, 4.69) is 21.2 Å². The van der Waals surface area contributed by atoms with Crippen molar-refractivity contribution in [2.24, 2.45) is 0 Å². The Morgan fingerprint density at radius 2 is 1.55 bits per heavy atom. The van der Waals surface area contributed by atoms with Crippen LogP contribution in [0.5, 0.6) is 5.75 Å². The molecule has 0 aliphatic rings. The van der Waals surface area contributed by atoms with E-state index < -0.39 is 28.5 Å². The molecule has 1 N–H and O–H groups in total. The zero-order valence-electron chi connectivity index (χ0n) is 26.6. The SMILES string of the molecule is CCOc1ccc(N(CC(=O)N(Cc2cccc(Cl)c2)[C@H](Cc2ccccc2)C(=O)N[C@@H](C)CC)S(=O)(=O)c2ccc(Br)cc2)cc1. The molecule has 0 heterocycles. The Labute approximate surface area is 290 Å². The highest BCUT2D eigenvalue weighted by atomic mass is 79.9.